The maximum absolute atomic E-state index is 13.2. The van der Waals surface area contributed by atoms with E-state index in [9.17, 15) is 14.0 Å². The summed E-state index contributed by atoms with van der Waals surface area (Å²) in [7, 11) is 0. The molecule has 9 nitrogen and oxygen atoms in total. The maximum Gasteiger partial charge on any atom is 0.275 e. The quantitative estimate of drug-likeness (QED) is 0.361. The van der Waals surface area contributed by atoms with Crippen LogP contribution in [-0.2, 0) is 13.0 Å². The molecule has 2 amide bonds. The molecule has 1 aliphatic heterocycles. The highest BCUT2D eigenvalue weighted by molar-refractivity contribution is 6.04. The highest BCUT2D eigenvalue weighted by atomic mass is 19.1. The van der Waals surface area contributed by atoms with Crippen LogP contribution in [-0.4, -0.2) is 56.3 Å². The lowest BCUT2D eigenvalue weighted by Crippen LogP contribution is -2.36. The van der Waals surface area contributed by atoms with Gasteiger partial charge < -0.3 is 15.1 Å². The summed E-state index contributed by atoms with van der Waals surface area (Å²) in [4.78, 5) is 37.5. The first-order valence-electron chi connectivity index (χ1n) is 11.5. The molecule has 0 fully saturated rings. The molecule has 0 radical (unpaired) electrons. The van der Waals surface area contributed by atoms with E-state index in [1.165, 1.54) is 29.2 Å². The van der Waals surface area contributed by atoms with Gasteiger partial charge in [-0.05, 0) is 73.9 Å². The molecule has 36 heavy (non-hydrogen) atoms. The van der Waals surface area contributed by atoms with E-state index in [1.54, 1.807) is 35.4 Å². The molecule has 4 rings (SSSR count). The number of hydrogen-bond acceptors (Lipinski definition) is 6. The fourth-order valence-electron chi connectivity index (χ4n) is 3.93. The number of rotatable bonds is 6. The SMILES string of the molecule is CC(C)N(C=N)C(=N)c1cccc(NC(=O)c2cc3c(cn2)CCN(C(=O)c2ccc(F)cc2)C3)n1. The van der Waals surface area contributed by atoms with E-state index in [0.717, 1.165) is 17.5 Å². The van der Waals surface area contributed by atoms with E-state index in [0.29, 0.717) is 30.8 Å². The lowest BCUT2D eigenvalue weighted by Gasteiger charge is -2.29. The zero-order valence-corrected chi connectivity index (χ0v) is 20.0. The van der Waals surface area contributed by atoms with Crippen molar-refractivity contribution >= 4 is 29.8 Å². The third-order valence-corrected chi connectivity index (χ3v) is 5.89. The molecule has 10 heteroatoms. The average molecular weight is 488 g/mol. The van der Waals surface area contributed by atoms with E-state index in [-0.39, 0.29) is 29.3 Å². The van der Waals surface area contributed by atoms with Crippen molar-refractivity contribution < 1.29 is 14.0 Å². The molecule has 0 bridgehead atoms. The molecule has 0 spiro atoms. The predicted molar refractivity (Wildman–Crippen MR) is 134 cm³/mol. The van der Waals surface area contributed by atoms with Crippen molar-refractivity contribution in [3.05, 3.63) is 88.6 Å². The van der Waals surface area contributed by atoms with Crippen LogP contribution < -0.4 is 5.32 Å². The van der Waals surface area contributed by atoms with Gasteiger partial charge in [0.25, 0.3) is 11.8 Å². The number of aromatic nitrogens is 2. The highest BCUT2D eigenvalue weighted by Gasteiger charge is 2.24. The summed E-state index contributed by atoms with van der Waals surface area (Å²) in [6.45, 7) is 4.54. The molecule has 1 aromatic carbocycles. The van der Waals surface area contributed by atoms with Crippen molar-refractivity contribution in [1.29, 1.82) is 10.8 Å². The minimum Gasteiger partial charge on any atom is -0.334 e. The second-order valence-electron chi connectivity index (χ2n) is 8.66. The summed E-state index contributed by atoms with van der Waals surface area (Å²) in [6.07, 6.45) is 3.32. The van der Waals surface area contributed by atoms with Gasteiger partial charge in [0.05, 0.1) is 6.34 Å². The van der Waals surface area contributed by atoms with Gasteiger partial charge >= 0.3 is 0 Å². The Balaban J connectivity index is 1.48. The Hall–Kier alpha value is -4.47. The van der Waals surface area contributed by atoms with E-state index in [1.807, 2.05) is 13.8 Å². The molecule has 0 unspecified atom stereocenters. The van der Waals surface area contributed by atoms with E-state index >= 15 is 0 Å². The van der Waals surface area contributed by atoms with E-state index in [4.69, 9.17) is 10.8 Å². The molecule has 1 aliphatic rings. The van der Waals surface area contributed by atoms with Crippen molar-refractivity contribution in [3.63, 3.8) is 0 Å². The summed E-state index contributed by atoms with van der Waals surface area (Å²) in [5.41, 5.74) is 2.68. The molecule has 0 saturated heterocycles. The van der Waals surface area contributed by atoms with Crippen LogP contribution >= 0.6 is 0 Å². The first-order chi connectivity index (χ1) is 17.3. The van der Waals surface area contributed by atoms with Gasteiger partial charge in [-0.25, -0.2) is 9.37 Å². The van der Waals surface area contributed by atoms with Crippen molar-refractivity contribution in [2.45, 2.75) is 32.9 Å². The first kappa shape index (κ1) is 24.6. The van der Waals surface area contributed by atoms with Crippen LogP contribution in [0, 0.1) is 16.6 Å². The van der Waals surface area contributed by atoms with Crippen LogP contribution in [0.4, 0.5) is 10.2 Å². The van der Waals surface area contributed by atoms with Gasteiger partial charge in [-0.2, -0.15) is 0 Å². The lowest BCUT2D eigenvalue weighted by molar-refractivity contribution is 0.0734. The van der Waals surface area contributed by atoms with E-state index in [2.05, 4.69) is 15.3 Å². The normalized spacial score (nSPS) is 12.6. The number of halogens is 1. The number of benzene rings is 1. The molecular formula is C26H26FN7O2. The molecular weight excluding hydrogens is 461 g/mol. The summed E-state index contributed by atoms with van der Waals surface area (Å²) in [5, 5.41) is 18.6. The largest absolute Gasteiger partial charge is 0.334 e. The Kier molecular flexibility index (Phi) is 7.14. The van der Waals surface area contributed by atoms with Gasteiger partial charge in [0.2, 0.25) is 0 Å². The molecule has 0 saturated carbocycles. The zero-order chi connectivity index (χ0) is 25.8. The molecule has 3 heterocycles. The third-order valence-electron chi connectivity index (χ3n) is 5.89. The van der Waals surface area contributed by atoms with Crippen LogP contribution in [0.2, 0.25) is 0 Å². The fourth-order valence-corrected chi connectivity index (χ4v) is 3.93. The van der Waals surface area contributed by atoms with Crippen molar-refractivity contribution in [3.8, 4) is 0 Å². The number of hydrogen-bond donors (Lipinski definition) is 3. The number of fused-ring (bicyclic) bond motifs is 1. The average Bonchev–Trinajstić information content (AvgIpc) is 2.88. The molecule has 3 N–H and O–H groups in total. The van der Waals surface area contributed by atoms with Gasteiger partial charge in [-0.15, -0.1) is 0 Å². The zero-order valence-electron chi connectivity index (χ0n) is 20.0. The number of nitrogens with zero attached hydrogens (tertiary/aromatic N) is 4. The Morgan fingerprint density at radius 2 is 1.89 bits per heavy atom. The Morgan fingerprint density at radius 3 is 2.58 bits per heavy atom. The Bertz CT molecular complexity index is 1320. The summed E-state index contributed by atoms with van der Waals surface area (Å²) in [5.74, 6) is -0.769. The predicted octanol–water partition coefficient (Wildman–Crippen LogP) is 3.71. The molecule has 0 aliphatic carbocycles. The first-order valence-corrected chi connectivity index (χ1v) is 11.5. The van der Waals surface area contributed by atoms with Gasteiger partial charge in [-0.3, -0.25) is 25.4 Å². The number of nitrogens with one attached hydrogen (secondary N) is 3. The number of amides is 2. The minimum atomic E-state index is -0.469. The smallest absolute Gasteiger partial charge is 0.275 e. The summed E-state index contributed by atoms with van der Waals surface area (Å²) < 4.78 is 13.2. The monoisotopic (exact) mass is 487 g/mol. The number of amidine groups is 1. The lowest BCUT2D eigenvalue weighted by atomic mass is 10.00. The van der Waals surface area contributed by atoms with Crippen molar-refractivity contribution in [1.82, 2.24) is 19.8 Å². The second kappa shape index (κ2) is 10.4. The maximum atomic E-state index is 13.2. The fraction of sp³-hybridized carbons (Fsp3) is 0.231. The number of pyridine rings is 2. The van der Waals surface area contributed by atoms with Crippen molar-refractivity contribution in [2.75, 3.05) is 11.9 Å². The van der Waals surface area contributed by atoms with Gasteiger partial charge in [0.15, 0.2) is 5.84 Å². The van der Waals surface area contributed by atoms with Crippen LogP contribution in [0.25, 0.3) is 0 Å². The third kappa shape index (κ3) is 5.27. The number of anilines is 1. The Morgan fingerprint density at radius 1 is 1.14 bits per heavy atom. The number of carbonyl (C=O) groups excluding carboxylic acids is 2. The van der Waals surface area contributed by atoms with Crippen molar-refractivity contribution in [2.24, 2.45) is 0 Å². The van der Waals surface area contributed by atoms with Gasteiger partial charge in [0.1, 0.15) is 23.0 Å². The van der Waals surface area contributed by atoms with E-state index < -0.39 is 11.7 Å². The second-order valence-corrected chi connectivity index (χ2v) is 8.66. The van der Waals surface area contributed by atoms with Crippen LogP contribution in [0.5, 0.6) is 0 Å². The Labute approximate surface area is 208 Å². The molecule has 184 valence electrons. The molecule has 0 atom stereocenters. The topological polar surface area (TPSA) is 126 Å². The van der Waals surface area contributed by atoms with Crippen LogP contribution in [0.1, 0.15) is 51.5 Å². The highest BCUT2D eigenvalue weighted by Crippen LogP contribution is 2.21. The molecule has 2 aromatic heterocycles. The van der Waals surface area contributed by atoms with Crippen LogP contribution in [0.3, 0.4) is 0 Å². The van der Waals surface area contributed by atoms with Gasteiger partial charge in [0, 0.05) is 30.9 Å². The summed E-state index contributed by atoms with van der Waals surface area (Å²) in [6, 6.07) is 11.9. The minimum absolute atomic E-state index is 0.0499. The van der Waals surface area contributed by atoms with Gasteiger partial charge in [-0.1, -0.05) is 6.07 Å². The van der Waals surface area contributed by atoms with Crippen LogP contribution in [0.15, 0.2) is 54.7 Å². The number of carbonyl (C=O) groups is 2. The standard InChI is InChI=1S/C26H26FN7O2/c1-16(2)34(15-28)24(29)21-4-3-5-23(31-21)32-25(35)22-12-19-14-33(11-10-18(19)13-30-22)26(36)17-6-8-20(27)9-7-17/h3-9,12-13,15-16,28-29H,10-11,14H2,1-2H3,(H,31,32,35). The molecule has 3 aromatic rings. The summed E-state index contributed by atoms with van der Waals surface area (Å²) >= 11 is 0.